The van der Waals surface area contributed by atoms with E-state index in [9.17, 15) is 4.39 Å². The van der Waals surface area contributed by atoms with Crippen LogP contribution in [0.3, 0.4) is 0 Å². The molecule has 108 valence electrons. The molecular weight excluding hydrogens is 241 g/mol. The number of hydrogen-bond donors (Lipinski definition) is 1. The fourth-order valence-corrected chi connectivity index (χ4v) is 2.05. The topological polar surface area (TPSA) is 21.3 Å². The van der Waals surface area contributed by atoms with E-state index in [1.54, 1.807) is 12.1 Å². The Hall–Kier alpha value is -0.930. The van der Waals surface area contributed by atoms with Crippen LogP contribution in [0, 0.1) is 5.82 Å². The maximum absolute atomic E-state index is 13.3. The summed E-state index contributed by atoms with van der Waals surface area (Å²) in [4.78, 5) is 0. The third kappa shape index (κ3) is 6.69. The van der Waals surface area contributed by atoms with E-state index in [1.807, 2.05) is 19.9 Å². The maximum Gasteiger partial charge on any atom is 0.123 e. The summed E-state index contributed by atoms with van der Waals surface area (Å²) in [6.45, 7) is 8.80. The second-order valence-electron chi connectivity index (χ2n) is 5.16. The van der Waals surface area contributed by atoms with Crippen molar-refractivity contribution in [2.75, 3.05) is 19.7 Å². The summed E-state index contributed by atoms with van der Waals surface area (Å²) in [5.74, 6) is 0.142. The summed E-state index contributed by atoms with van der Waals surface area (Å²) in [5.41, 5.74) is 1.05. The van der Waals surface area contributed by atoms with Gasteiger partial charge in [0.15, 0.2) is 0 Å². The van der Waals surface area contributed by atoms with Crippen LogP contribution in [0.15, 0.2) is 24.3 Å². The molecule has 2 nitrogen and oxygen atoms in total. The van der Waals surface area contributed by atoms with Crippen LogP contribution < -0.4 is 5.32 Å². The van der Waals surface area contributed by atoms with E-state index in [1.165, 1.54) is 6.07 Å². The van der Waals surface area contributed by atoms with Crippen LogP contribution in [0.2, 0.25) is 0 Å². The predicted octanol–water partition coefficient (Wildman–Crippen LogP) is 3.72. The zero-order valence-electron chi connectivity index (χ0n) is 12.3. The van der Waals surface area contributed by atoms with E-state index in [0.29, 0.717) is 12.5 Å². The molecule has 0 bridgehead atoms. The highest BCUT2D eigenvalue weighted by Gasteiger charge is 2.12. The first-order chi connectivity index (χ1) is 9.13. The highest BCUT2D eigenvalue weighted by atomic mass is 19.1. The van der Waals surface area contributed by atoms with Gasteiger partial charge in [-0.3, -0.25) is 0 Å². The van der Waals surface area contributed by atoms with Gasteiger partial charge in [0, 0.05) is 13.2 Å². The van der Waals surface area contributed by atoms with E-state index >= 15 is 0 Å². The van der Waals surface area contributed by atoms with Crippen molar-refractivity contribution in [2.24, 2.45) is 0 Å². The minimum Gasteiger partial charge on any atom is -0.379 e. The normalized spacial score (nSPS) is 12.9. The third-order valence-electron chi connectivity index (χ3n) is 3.06. The highest BCUT2D eigenvalue weighted by Crippen LogP contribution is 2.20. The molecule has 3 heteroatoms. The minimum atomic E-state index is -0.164. The molecule has 0 spiro atoms. The van der Waals surface area contributed by atoms with Gasteiger partial charge in [-0.25, -0.2) is 4.39 Å². The standard InChI is InChI=1S/C16H26FNO/c1-4-9-18-12-15(8-10-19-13(2)3)14-6-5-7-16(17)11-14/h5-7,11,13,15,18H,4,8-10,12H2,1-3H3. The van der Waals surface area contributed by atoms with Crippen LogP contribution in [-0.2, 0) is 4.74 Å². The highest BCUT2D eigenvalue weighted by molar-refractivity contribution is 5.21. The summed E-state index contributed by atoms with van der Waals surface area (Å²) in [7, 11) is 0. The van der Waals surface area contributed by atoms with Gasteiger partial charge in [0.1, 0.15) is 5.82 Å². The molecular formula is C16H26FNO. The Morgan fingerprint density at radius 2 is 2.11 bits per heavy atom. The van der Waals surface area contributed by atoms with Crippen LogP contribution >= 0.6 is 0 Å². The first-order valence-corrected chi connectivity index (χ1v) is 7.21. The van der Waals surface area contributed by atoms with Gasteiger partial charge in [-0.15, -0.1) is 0 Å². The van der Waals surface area contributed by atoms with Crippen LogP contribution in [0.5, 0.6) is 0 Å². The molecule has 1 rings (SSSR count). The van der Waals surface area contributed by atoms with Gasteiger partial charge in [-0.1, -0.05) is 19.1 Å². The van der Waals surface area contributed by atoms with Crippen molar-refractivity contribution in [1.82, 2.24) is 5.32 Å². The molecule has 0 aliphatic carbocycles. The van der Waals surface area contributed by atoms with Crippen molar-refractivity contribution >= 4 is 0 Å². The molecule has 1 aromatic rings. The van der Waals surface area contributed by atoms with E-state index < -0.39 is 0 Å². The molecule has 0 heterocycles. The Morgan fingerprint density at radius 3 is 2.74 bits per heavy atom. The van der Waals surface area contributed by atoms with E-state index in [-0.39, 0.29) is 11.9 Å². The van der Waals surface area contributed by atoms with E-state index in [2.05, 4.69) is 12.2 Å². The van der Waals surface area contributed by atoms with Crippen LogP contribution in [0.1, 0.15) is 45.1 Å². The molecule has 0 aromatic heterocycles. The molecule has 0 aliphatic rings. The Morgan fingerprint density at radius 1 is 1.32 bits per heavy atom. The van der Waals surface area contributed by atoms with Crippen LogP contribution in [0.25, 0.3) is 0 Å². The summed E-state index contributed by atoms with van der Waals surface area (Å²) in [6, 6.07) is 6.90. The number of halogens is 1. The van der Waals surface area contributed by atoms with Gasteiger partial charge in [0.05, 0.1) is 6.10 Å². The predicted molar refractivity (Wildman–Crippen MR) is 78.0 cm³/mol. The minimum absolute atomic E-state index is 0.164. The quantitative estimate of drug-likeness (QED) is 0.688. The summed E-state index contributed by atoms with van der Waals surface area (Å²) < 4.78 is 18.9. The molecule has 0 fully saturated rings. The Kier molecular flexibility index (Phi) is 7.68. The smallest absolute Gasteiger partial charge is 0.123 e. The molecule has 0 saturated heterocycles. The summed E-state index contributed by atoms with van der Waals surface area (Å²) >= 11 is 0. The fourth-order valence-electron chi connectivity index (χ4n) is 2.05. The number of ether oxygens (including phenoxy) is 1. The second-order valence-corrected chi connectivity index (χ2v) is 5.16. The zero-order valence-corrected chi connectivity index (χ0v) is 12.3. The van der Waals surface area contributed by atoms with Gasteiger partial charge in [-0.05, 0) is 56.8 Å². The zero-order chi connectivity index (χ0) is 14.1. The van der Waals surface area contributed by atoms with E-state index in [4.69, 9.17) is 4.74 Å². The number of hydrogen-bond acceptors (Lipinski definition) is 2. The van der Waals surface area contributed by atoms with Crippen LogP contribution in [-0.4, -0.2) is 25.8 Å². The molecule has 1 N–H and O–H groups in total. The first kappa shape index (κ1) is 16.1. The average Bonchev–Trinajstić information content (AvgIpc) is 2.37. The average molecular weight is 267 g/mol. The third-order valence-corrected chi connectivity index (χ3v) is 3.06. The molecule has 0 radical (unpaired) electrons. The Bertz CT molecular complexity index is 354. The van der Waals surface area contributed by atoms with Crippen molar-refractivity contribution in [2.45, 2.75) is 45.6 Å². The van der Waals surface area contributed by atoms with Crippen molar-refractivity contribution < 1.29 is 9.13 Å². The molecule has 1 aromatic carbocycles. The summed E-state index contributed by atoms with van der Waals surface area (Å²) in [5, 5.41) is 3.41. The van der Waals surface area contributed by atoms with Crippen LogP contribution in [0.4, 0.5) is 4.39 Å². The van der Waals surface area contributed by atoms with Crippen molar-refractivity contribution in [3.63, 3.8) is 0 Å². The maximum atomic E-state index is 13.3. The molecule has 19 heavy (non-hydrogen) atoms. The number of rotatable bonds is 9. The second kappa shape index (κ2) is 9.05. The van der Waals surface area contributed by atoms with Crippen molar-refractivity contribution in [3.05, 3.63) is 35.6 Å². The molecule has 0 aliphatic heterocycles. The molecule has 1 atom stereocenters. The fraction of sp³-hybridized carbons (Fsp3) is 0.625. The monoisotopic (exact) mass is 267 g/mol. The largest absolute Gasteiger partial charge is 0.379 e. The summed E-state index contributed by atoms with van der Waals surface area (Å²) in [6.07, 6.45) is 2.27. The Balaban J connectivity index is 2.57. The SMILES string of the molecule is CCCNCC(CCOC(C)C)c1cccc(F)c1. The first-order valence-electron chi connectivity index (χ1n) is 7.21. The molecule has 0 saturated carbocycles. The van der Waals surface area contributed by atoms with Crippen molar-refractivity contribution in [1.29, 1.82) is 0 Å². The van der Waals surface area contributed by atoms with E-state index in [0.717, 1.165) is 31.5 Å². The number of nitrogens with one attached hydrogen (secondary N) is 1. The van der Waals surface area contributed by atoms with Crippen molar-refractivity contribution in [3.8, 4) is 0 Å². The van der Waals surface area contributed by atoms with Gasteiger partial charge in [0.2, 0.25) is 0 Å². The van der Waals surface area contributed by atoms with Gasteiger partial charge in [0.25, 0.3) is 0 Å². The van der Waals surface area contributed by atoms with Gasteiger partial charge >= 0.3 is 0 Å². The molecule has 0 amide bonds. The molecule has 1 unspecified atom stereocenters. The Labute approximate surface area is 116 Å². The lowest BCUT2D eigenvalue weighted by Crippen LogP contribution is -2.23. The lowest BCUT2D eigenvalue weighted by Gasteiger charge is -2.19. The lowest BCUT2D eigenvalue weighted by atomic mass is 9.96. The lowest BCUT2D eigenvalue weighted by molar-refractivity contribution is 0.0733. The number of benzene rings is 1. The van der Waals surface area contributed by atoms with Gasteiger partial charge < -0.3 is 10.1 Å². The van der Waals surface area contributed by atoms with Gasteiger partial charge in [-0.2, -0.15) is 0 Å².